The molecule has 0 aromatic carbocycles. The molecular formula is C10H10FN3O2. The fraction of sp³-hybridized carbons (Fsp3) is 0.100. The number of H-pyrrole nitrogens is 1. The van der Waals surface area contributed by atoms with Crippen LogP contribution in [-0.2, 0) is 4.79 Å². The van der Waals surface area contributed by atoms with E-state index < -0.39 is 11.9 Å². The minimum atomic E-state index is -0.833. The second kappa shape index (κ2) is 5.59. The van der Waals surface area contributed by atoms with Gasteiger partial charge in [-0.1, -0.05) is 6.07 Å². The lowest BCUT2D eigenvalue weighted by atomic mass is 10.3. The molecule has 2 aromatic heterocycles. The Labute approximate surface area is 91.0 Å². The van der Waals surface area contributed by atoms with E-state index in [-0.39, 0.29) is 0 Å². The summed E-state index contributed by atoms with van der Waals surface area (Å²) in [6, 6.07) is 4.59. The molecule has 0 fully saturated rings. The van der Waals surface area contributed by atoms with Gasteiger partial charge in [-0.3, -0.25) is 4.79 Å². The molecule has 2 heterocycles. The van der Waals surface area contributed by atoms with Gasteiger partial charge in [0, 0.05) is 19.3 Å². The molecule has 0 saturated heterocycles. The molecule has 5 nitrogen and oxygen atoms in total. The predicted octanol–water partition coefficient (Wildman–Crippen LogP) is 1.70. The highest BCUT2D eigenvalue weighted by atomic mass is 19.1. The topological polar surface area (TPSA) is 78.9 Å². The monoisotopic (exact) mass is 223 g/mol. The molecule has 6 heteroatoms. The number of imidazole rings is 1. The summed E-state index contributed by atoms with van der Waals surface area (Å²) < 4.78 is 12.6. The maximum Gasteiger partial charge on any atom is 0.300 e. The van der Waals surface area contributed by atoms with Crippen LogP contribution in [0.4, 0.5) is 4.39 Å². The van der Waals surface area contributed by atoms with Gasteiger partial charge in [0.25, 0.3) is 5.97 Å². The third-order valence-corrected chi connectivity index (χ3v) is 1.46. The summed E-state index contributed by atoms with van der Waals surface area (Å²) in [5, 5.41) is 7.42. The first-order valence-corrected chi connectivity index (χ1v) is 4.41. The van der Waals surface area contributed by atoms with Gasteiger partial charge in [0.15, 0.2) is 5.82 Å². The van der Waals surface area contributed by atoms with Gasteiger partial charge in [0.05, 0.1) is 0 Å². The van der Waals surface area contributed by atoms with Gasteiger partial charge in [-0.25, -0.2) is 9.97 Å². The van der Waals surface area contributed by atoms with Crippen LogP contribution in [0.3, 0.4) is 0 Å². The van der Waals surface area contributed by atoms with E-state index in [1.807, 2.05) is 0 Å². The number of aromatic nitrogens is 3. The van der Waals surface area contributed by atoms with E-state index in [9.17, 15) is 4.39 Å². The van der Waals surface area contributed by atoms with Gasteiger partial charge in [-0.05, 0) is 12.1 Å². The van der Waals surface area contributed by atoms with Crippen LogP contribution in [0.25, 0.3) is 11.5 Å². The van der Waals surface area contributed by atoms with Crippen molar-refractivity contribution in [3.63, 3.8) is 0 Å². The third kappa shape index (κ3) is 3.87. The van der Waals surface area contributed by atoms with Crippen molar-refractivity contribution in [2.75, 3.05) is 0 Å². The quantitative estimate of drug-likeness (QED) is 0.721. The summed E-state index contributed by atoms with van der Waals surface area (Å²) in [6.45, 7) is 1.08. The molecule has 2 aromatic rings. The molecule has 0 unspecified atom stereocenters. The maximum absolute atomic E-state index is 12.6. The zero-order valence-corrected chi connectivity index (χ0v) is 8.51. The Kier molecular flexibility index (Phi) is 4.14. The third-order valence-electron chi connectivity index (χ3n) is 1.46. The number of nitrogens with zero attached hydrogens (tertiary/aromatic N) is 2. The van der Waals surface area contributed by atoms with E-state index in [0.29, 0.717) is 11.5 Å². The Morgan fingerprint density at radius 1 is 1.50 bits per heavy atom. The van der Waals surface area contributed by atoms with E-state index in [1.165, 1.54) is 6.07 Å². The largest absolute Gasteiger partial charge is 0.481 e. The van der Waals surface area contributed by atoms with Crippen molar-refractivity contribution in [2.24, 2.45) is 0 Å². The Morgan fingerprint density at radius 3 is 2.69 bits per heavy atom. The Morgan fingerprint density at radius 2 is 2.19 bits per heavy atom. The van der Waals surface area contributed by atoms with Crippen molar-refractivity contribution >= 4 is 5.97 Å². The SMILES string of the molecule is CC(=O)O.Fc1cccc(-c2ncc[nH]2)n1. The normalized spacial score (nSPS) is 9.12. The molecule has 0 saturated carbocycles. The lowest BCUT2D eigenvalue weighted by Gasteiger charge is -1.93. The molecule has 0 spiro atoms. The van der Waals surface area contributed by atoms with E-state index in [0.717, 1.165) is 6.92 Å². The molecule has 0 aliphatic heterocycles. The first-order chi connectivity index (χ1) is 7.59. The number of aliphatic carboxylic acids is 1. The van der Waals surface area contributed by atoms with Gasteiger partial charge in [-0.15, -0.1) is 0 Å². The van der Waals surface area contributed by atoms with Crippen LogP contribution in [-0.4, -0.2) is 26.0 Å². The van der Waals surface area contributed by atoms with Crippen molar-refractivity contribution in [3.05, 3.63) is 36.5 Å². The number of hydrogen-bond acceptors (Lipinski definition) is 3. The molecule has 0 aliphatic rings. The number of carboxylic acid groups (broad SMARTS) is 1. The van der Waals surface area contributed by atoms with Crippen LogP contribution >= 0.6 is 0 Å². The molecule has 0 aliphatic carbocycles. The Bertz CT molecular complexity index is 453. The van der Waals surface area contributed by atoms with Crippen LogP contribution in [0.5, 0.6) is 0 Å². The van der Waals surface area contributed by atoms with Crippen LogP contribution in [0.2, 0.25) is 0 Å². The summed E-state index contributed by atoms with van der Waals surface area (Å²) in [6.07, 6.45) is 3.27. The second-order valence-electron chi connectivity index (χ2n) is 2.80. The molecule has 0 atom stereocenters. The Hall–Kier alpha value is -2.24. The minimum absolute atomic E-state index is 0.496. The molecule has 84 valence electrons. The standard InChI is InChI=1S/C8H6FN3.C2H4O2/c9-7-3-1-2-6(12-7)8-10-4-5-11-8;1-2(3)4/h1-5H,(H,10,11);1H3,(H,3,4). The lowest BCUT2D eigenvalue weighted by molar-refractivity contribution is -0.134. The summed E-state index contributed by atoms with van der Waals surface area (Å²) in [7, 11) is 0. The molecule has 0 amide bonds. The fourth-order valence-electron chi connectivity index (χ4n) is 0.946. The van der Waals surface area contributed by atoms with Crippen molar-refractivity contribution in [2.45, 2.75) is 6.92 Å². The minimum Gasteiger partial charge on any atom is -0.481 e. The van der Waals surface area contributed by atoms with E-state index in [4.69, 9.17) is 9.90 Å². The summed E-state index contributed by atoms with van der Waals surface area (Å²) in [4.78, 5) is 19.4. The maximum atomic E-state index is 12.6. The molecule has 2 rings (SSSR count). The van der Waals surface area contributed by atoms with Crippen molar-refractivity contribution in [1.82, 2.24) is 15.0 Å². The van der Waals surface area contributed by atoms with Crippen molar-refractivity contribution in [3.8, 4) is 11.5 Å². The number of hydrogen-bond donors (Lipinski definition) is 2. The number of halogens is 1. The van der Waals surface area contributed by atoms with E-state index >= 15 is 0 Å². The van der Waals surface area contributed by atoms with Crippen LogP contribution < -0.4 is 0 Å². The highest BCUT2D eigenvalue weighted by molar-refractivity contribution is 5.62. The van der Waals surface area contributed by atoms with E-state index in [2.05, 4.69) is 15.0 Å². The number of aromatic amines is 1. The van der Waals surface area contributed by atoms with Crippen LogP contribution in [0, 0.1) is 5.95 Å². The molecule has 2 N–H and O–H groups in total. The first-order valence-electron chi connectivity index (χ1n) is 4.41. The molecule has 0 bridgehead atoms. The highest BCUT2D eigenvalue weighted by Gasteiger charge is 2.00. The average Bonchev–Trinajstić information content (AvgIpc) is 2.69. The predicted molar refractivity (Wildman–Crippen MR) is 55.1 cm³/mol. The Balaban J connectivity index is 0.000000280. The molecule has 16 heavy (non-hydrogen) atoms. The van der Waals surface area contributed by atoms with Gasteiger partial charge < -0.3 is 10.1 Å². The zero-order valence-electron chi connectivity index (χ0n) is 8.51. The van der Waals surface area contributed by atoms with Gasteiger partial charge in [0.1, 0.15) is 5.69 Å². The molecule has 0 radical (unpaired) electrons. The van der Waals surface area contributed by atoms with Gasteiger partial charge >= 0.3 is 0 Å². The zero-order chi connectivity index (χ0) is 12.0. The van der Waals surface area contributed by atoms with Crippen molar-refractivity contribution in [1.29, 1.82) is 0 Å². The summed E-state index contributed by atoms with van der Waals surface area (Å²) >= 11 is 0. The van der Waals surface area contributed by atoms with Gasteiger partial charge in [0.2, 0.25) is 5.95 Å². The average molecular weight is 223 g/mol. The van der Waals surface area contributed by atoms with Crippen molar-refractivity contribution < 1.29 is 14.3 Å². The lowest BCUT2D eigenvalue weighted by Crippen LogP contribution is -1.87. The highest BCUT2D eigenvalue weighted by Crippen LogP contribution is 2.10. The summed E-state index contributed by atoms with van der Waals surface area (Å²) in [5.74, 6) is -0.751. The number of carboxylic acids is 1. The first kappa shape index (κ1) is 11.8. The number of pyridine rings is 1. The van der Waals surface area contributed by atoms with Crippen LogP contribution in [0.1, 0.15) is 6.92 Å². The fourth-order valence-corrected chi connectivity index (χ4v) is 0.946. The number of rotatable bonds is 1. The molecular weight excluding hydrogens is 213 g/mol. The number of carbonyl (C=O) groups is 1. The second-order valence-corrected chi connectivity index (χ2v) is 2.80. The summed E-state index contributed by atoms with van der Waals surface area (Å²) in [5.41, 5.74) is 0.514. The van der Waals surface area contributed by atoms with Gasteiger partial charge in [-0.2, -0.15) is 4.39 Å². The number of nitrogens with one attached hydrogen (secondary N) is 1. The smallest absolute Gasteiger partial charge is 0.300 e. The van der Waals surface area contributed by atoms with Crippen LogP contribution in [0.15, 0.2) is 30.6 Å². The van der Waals surface area contributed by atoms with E-state index in [1.54, 1.807) is 24.5 Å².